The Morgan fingerprint density at radius 2 is 1.52 bits per heavy atom. The van der Waals surface area contributed by atoms with E-state index in [0.717, 1.165) is 11.1 Å². The molecule has 0 atom stereocenters. The van der Waals surface area contributed by atoms with Gasteiger partial charge in [-0.2, -0.15) is 0 Å². The van der Waals surface area contributed by atoms with E-state index in [2.05, 4.69) is 10.6 Å². The van der Waals surface area contributed by atoms with E-state index in [1.165, 1.54) is 18.4 Å². The molecule has 0 fully saturated rings. The maximum atomic E-state index is 12.7. The quantitative estimate of drug-likeness (QED) is 0.400. The zero-order chi connectivity index (χ0) is 21.6. The zero-order valence-corrected chi connectivity index (χ0v) is 17.6. The van der Waals surface area contributed by atoms with E-state index in [-0.39, 0.29) is 11.8 Å². The summed E-state index contributed by atoms with van der Waals surface area (Å²) in [6, 6.07) is 26.1. The van der Waals surface area contributed by atoms with Crippen molar-refractivity contribution in [1.29, 1.82) is 0 Å². The number of nitrogens with one attached hydrogen (secondary N) is 2. The largest absolute Gasteiger partial charge is 0.494 e. The Labute approximate surface area is 184 Å². The summed E-state index contributed by atoms with van der Waals surface area (Å²) in [5.74, 6) is 0.0303. The number of benzene rings is 3. The highest BCUT2D eigenvalue weighted by molar-refractivity contribution is 7.12. The number of thiophene rings is 1. The topological polar surface area (TPSA) is 67.4 Å². The molecule has 6 heteroatoms. The Hall–Kier alpha value is -3.90. The van der Waals surface area contributed by atoms with Crippen molar-refractivity contribution in [2.45, 2.75) is 0 Å². The zero-order valence-electron chi connectivity index (χ0n) is 16.8. The molecule has 0 saturated carbocycles. The van der Waals surface area contributed by atoms with Crippen LogP contribution in [-0.4, -0.2) is 18.9 Å². The van der Waals surface area contributed by atoms with Gasteiger partial charge in [-0.05, 0) is 46.8 Å². The number of amides is 2. The molecule has 0 aliphatic heterocycles. The Morgan fingerprint density at radius 1 is 0.774 bits per heavy atom. The number of hydrogen-bond donors (Lipinski definition) is 2. The molecule has 154 valence electrons. The van der Waals surface area contributed by atoms with Crippen LogP contribution in [-0.2, 0) is 0 Å². The van der Waals surface area contributed by atoms with Gasteiger partial charge >= 0.3 is 0 Å². The Kier molecular flexibility index (Phi) is 6.10. The number of carbonyl (C=O) groups excluding carboxylic acids is 2. The monoisotopic (exact) mass is 428 g/mol. The summed E-state index contributed by atoms with van der Waals surface area (Å²) < 4.78 is 5.39. The number of rotatable bonds is 6. The van der Waals surface area contributed by atoms with Crippen molar-refractivity contribution in [3.05, 3.63) is 101 Å². The van der Waals surface area contributed by atoms with Crippen molar-refractivity contribution in [3.63, 3.8) is 0 Å². The molecule has 2 amide bonds. The van der Waals surface area contributed by atoms with Gasteiger partial charge in [-0.25, -0.2) is 0 Å². The first kappa shape index (κ1) is 20.4. The molecule has 0 saturated heterocycles. The third kappa shape index (κ3) is 4.82. The summed E-state index contributed by atoms with van der Waals surface area (Å²) in [6.45, 7) is 0. The predicted octanol–water partition coefficient (Wildman–Crippen LogP) is 5.93. The van der Waals surface area contributed by atoms with Crippen molar-refractivity contribution in [2.75, 3.05) is 17.7 Å². The minimum atomic E-state index is -0.225. The maximum absolute atomic E-state index is 12.7. The van der Waals surface area contributed by atoms with Crippen LogP contribution >= 0.6 is 11.3 Å². The van der Waals surface area contributed by atoms with Crippen LogP contribution in [0, 0.1) is 0 Å². The average Bonchev–Trinajstić information content (AvgIpc) is 3.36. The minimum absolute atomic E-state index is 0.205. The Balaban J connectivity index is 1.46. The summed E-state index contributed by atoms with van der Waals surface area (Å²) >= 11 is 1.36. The number of hydrogen-bond acceptors (Lipinski definition) is 4. The molecule has 4 rings (SSSR count). The van der Waals surface area contributed by atoms with Crippen LogP contribution in [0.5, 0.6) is 5.75 Å². The molecule has 31 heavy (non-hydrogen) atoms. The fourth-order valence-corrected chi connectivity index (χ4v) is 3.73. The molecule has 0 radical (unpaired) electrons. The lowest BCUT2D eigenvalue weighted by Crippen LogP contribution is -2.13. The number of methoxy groups -OCH3 is 1. The molecule has 2 N–H and O–H groups in total. The summed E-state index contributed by atoms with van der Waals surface area (Å²) in [4.78, 5) is 25.6. The lowest BCUT2D eigenvalue weighted by atomic mass is 10.0. The molecule has 3 aromatic carbocycles. The van der Waals surface area contributed by atoms with E-state index in [1.54, 1.807) is 36.4 Å². The maximum Gasteiger partial charge on any atom is 0.265 e. The number of anilines is 2. The summed E-state index contributed by atoms with van der Waals surface area (Å²) in [5, 5.41) is 7.55. The molecular weight excluding hydrogens is 408 g/mol. The van der Waals surface area contributed by atoms with Gasteiger partial charge < -0.3 is 15.4 Å². The van der Waals surface area contributed by atoms with Crippen molar-refractivity contribution in [3.8, 4) is 16.9 Å². The molecule has 0 unspecified atom stereocenters. The third-order valence-electron chi connectivity index (χ3n) is 4.71. The van der Waals surface area contributed by atoms with Crippen LogP contribution in [0.3, 0.4) is 0 Å². The molecule has 0 aliphatic rings. The lowest BCUT2D eigenvalue weighted by Gasteiger charge is -2.12. The summed E-state index contributed by atoms with van der Waals surface area (Å²) in [7, 11) is 1.52. The number of carbonyl (C=O) groups is 2. The Morgan fingerprint density at radius 3 is 2.19 bits per heavy atom. The minimum Gasteiger partial charge on any atom is -0.494 e. The van der Waals surface area contributed by atoms with Crippen LogP contribution in [0.1, 0.15) is 20.0 Å². The second-order valence-corrected chi connectivity index (χ2v) is 7.69. The van der Waals surface area contributed by atoms with Gasteiger partial charge in [-0.15, -0.1) is 11.3 Å². The van der Waals surface area contributed by atoms with Crippen molar-refractivity contribution in [2.24, 2.45) is 0 Å². The second kappa shape index (κ2) is 9.28. The van der Waals surface area contributed by atoms with E-state index >= 15 is 0 Å². The first-order chi connectivity index (χ1) is 15.1. The average molecular weight is 429 g/mol. The van der Waals surface area contributed by atoms with Crippen molar-refractivity contribution in [1.82, 2.24) is 0 Å². The molecule has 1 aromatic heterocycles. The lowest BCUT2D eigenvalue weighted by molar-refractivity contribution is 0.102. The second-order valence-electron chi connectivity index (χ2n) is 6.74. The molecule has 5 nitrogen and oxygen atoms in total. The summed E-state index contributed by atoms with van der Waals surface area (Å²) in [6.07, 6.45) is 0. The van der Waals surface area contributed by atoms with Gasteiger partial charge in [-0.3, -0.25) is 9.59 Å². The molecule has 4 aromatic rings. The molecule has 0 aliphatic carbocycles. The normalized spacial score (nSPS) is 10.4. The predicted molar refractivity (Wildman–Crippen MR) is 125 cm³/mol. The Bertz CT molecular complexity index is 1190. The fraction of sp³-hybridized carbons (Fsp3) is 0.0400. The number of ether oxygens (including phenoxy) is 1. The fourth-order valence-electron chi connectivity index (χ4n) is 3.11. The highest BCUT2D eigenvalue weighted by Crippen LogP contribution is 2.29. The van der Waals surface area contributed by atoms with Gasteiger partial charge in [0.15, 0.2) is 0 Å². The van der Waals surface area contributed by atoms with Crippen molar-refractivity contribution < 1.29 is 14.3 Å². The van der Waals surface area contributed by atoms with E-state index in [0.29, 0.717) is 27.6 Å². The van der Waals surface area contributed by atoms with Crippen LogP contribution in [0.15, 0.2) is 90.3 Å². The molecule has 0 spiro atoms. The molecule has 1 heterocycles. The first-order valence-electron chi connectivity index (χ1n) is 9.64. The van der Waals surface area contributed by atoms with E-state index in [1.807, 2.05) is 53.9 Å². The van der Waals surface area contributed by atoms with Gasteiger partial charge in [-0.1, -0.05) is 48.5 Å². The SMILES string of the molecule is COc1cc(NC(=O)c2ccc(-c3ccccc3)cc2)ccc1NC(=O)c1cccs1. The van der Waals surface area contributed by atoms with E-state index < -0.39 is 0 Å². The smallest absolute Gasteiger partial charge is 0.265 e. The van der Waals surface area contributed by atoms with Crippen LogP contribution < -0.4 is 15.4 Å². The highest BCUT2D eigenvalue weighted by atomic mass is 32.1. The first-order valence-corrected chi connectivity index (χ1v) is 10.5. The third-order valence-corrected chi connectivity index (χ3v) is 5.58. The van der Waals surface area contributed by atoms with Gasteiger partial charge in [0.25, 0.3) is 11.8 Å². The van der Waals surface area contributed by atoms with E-state index in [4.69, 9.17) is 4.74 Å². The van der Waals surface area contributed by atoms with Crippen LogP contribution in [0.2, 0.25) is 0 Å². The van der Waals surface area contributed by atoms with Crippen molar-refractivity contribution >= 4 is 34.5 Å². The standard InChI is InChI=1S/C25H20N2O3S/c1-30-22-16-20(13-14-21(22)27-25(29)23-8-5-15-31-23)26-24(28)19-11-9-18(10-12-19)17-6-3-2-4-7-17/h2-16H,1H3,(H,26,28)(H,27,29). The van der Waals surface area contributed by atoms with Gasteiger partial charge in [0.2, 0.25) is 0 Å². The summed E-state index contributed by atoms with van der Waals surface area (Å²) in [5.41, 5.74) is 3.80. The van der Waals surface area contributed by atoms with Gasteiger partial charge in [0.1, 0.15) is 5.75 Å². The molecular formula is C25H20N2O3S. The van der Waals surface area contributed by atoms with E-state index in [9.17, 15) is 9.59 Å². The van der Waals surface area contributed by atoms with Gasteiger partial charge in [0.05, 0.1) is 17.7 Å². The van der Waals surface area contributed by atoms with Gasteiger partial charge in [0, 0.05) is 17.3 Å². The van der Waals surface area contributed by atoms with Crippen LogP contribution in [0.4, 0.5) is 11.4 Å². The highest BCUT2D eigenvalue weighted by Gasteiger charge is 2.13. The van der Waals surface area contributed by atoms with Crippen LogP contribution in [0.25, 0.3) is 11.1 Å². The molecule has 0 bridgehead atoms.